The van der Waals surface area contributed by atoms with Crippen LogP contribution in [-0.4, -0.2) is 17.3 Å². The van der Waals surface area contributed by atoms with Crippen molar-refractivity contribution in [3.8, 4) is 0 Å². The van der Waals surface area contributed by atoms with Gasteiger partial charge in [-0.3, -0.25) is 4.79 Å². The highest BCUT2D eigenvalue weighted by molar-refractivity contribution is 9.09. The number of hydrogen-bond acceptors (Lipinski definition) is 1. The van der Waals surface area contributed by atoms with Crippen molar-refractivity contribution < 1.29 is 4.79 Å². The van der Waals surface area contributed by atoms with E-state index < -0.39 is 0 Å². The van der Waals surface area contributed by atoms with E-state index in [1.165, 1.54) is 0 Å². The average molecular weight is 254 g/mol. The van der Waals surface area contributed by atoms with Gasteiger partial charge in [-0.25, -0.2) is 0 Å². The molecule has 3 heteroatoms. The van der Waals surface area contributed by atoms with Crippen LogP contribution >= 0.6 is 15.9 Å². The smallest absolute Gasteiger partial charge is 0.228 e. The molecule has 2 nitrogen and oxygen atoms in total. The maximum Gasteiger partial charge on any atom is 0.228 e. The van der Waals surface area contributed by atoms with Gasteiger partial charge >= 0.3 is 0 Å². The van der Waals surface area contributed by atoms with E-state index >= 15 is 0 Å². The minimum Gasteiger partial charge on any atom is -0.311 e. The van der Waals surface area contributed by atoms with Crippen molar-refractivity contribution in [2.24, 2.45) is 0 Å². The molecule has 1 unspecified atom stereocenters. The molecule has 0 spiro atoms. The van der Waals surface area contributed by atoms with E-state index in [0.29, 0.717) is 11.2 Å². The van der Waals surface area contributed by atoms with Gasteiger partial charge in [0.05, 0.1) is 0 Å². The number of carbonyl (C=O) groups is 1. The van der Waals surface area contributed by atoms with Crippen LogP contribution < -0.4 is 4.90 Å². The lowest BCUT2D eigenvalue weighted by Gasteiger charge is -2.18. The van der Waals surface area contributed by atoms with Crippen LogP contribution in [0.3, 0.4) is 0 Å². The highest BCUT2D eigenvalue weighted by Crippen LogP contribution is 2.27. The lowest BCUT2D eigenvalue weighted by atomic mass is 10.2. The standard InChI is InChI=1S/C11H12BrNO/c1-8-4-2-3-5-10(8)13-7-9(12)6-11(13)14/h2-5,9H,6-7H2,1H3. The van der Waals surface area contributed by atoms with E-state index in [1.54, 1.807) is 0 Å². The zero-order valence-corrected chi connectivity index (χ0v) is 9.62. The first-order chi connectivity index (χ1) is 6.68. The summed E-state index contributed by atoms with van der Waals surface area (Å²) in [6, 6.07) is 7.99. The van der Waals surface area contributed by atoms with Crippen LogP contribution in [-0.2, 0) is 4.79 Å². The number of benzene rings is 1. The Hall–Kier alpha value is -0.830. The highest BCUT2D eigenvalue weighted by atomic mass is 79.9. The van der Waals surface area contributed by atoms with Crippen LogP contribution in [0.4, 0.5) is 5.69 Å². The van der Waals surface area contributed by atoms with Gasteiger partial charge in [0.1, 0.15) is 0 Å². The number of anilines is 1. The van der Waals surface area contributed by atoms with E-state index in [-0.39, 0.29) is 5.91 Å². The fraction of sp³-hybridized carbons (Fsp3) is 0.364. The van der Waals surface area contributed by atoms with Crippen LogP contribution in [0.5, 0.6) is 0 Å². The number of carbonyl (C=O) groups excluding carboxylic acids is 1. The molecule has 1 aromatic rings. The summed E-state index contributed by atoms with van der Waals surface area (Å²) in [5, 5.41) is 0. The number of alkyl halides is 1. The van der Waals surface area contributed by atoms with Crippen molar-refractivity contribution in [1.82, 2.24) is 0 Å². The van der Waals surface area contributed by atoms with Gasteiger partial charge in [-0.15, -0.1) is 0 Å². The number of rotatable bonds is 1. The number of para-hydroxylation sites is 1. The van der Waals surface area contributed by atoms with Crippen LogP contribution in [0, 0.1) is 6.92 Å². The topological polar surface area (TPSA) is 20.3 Å². The Bertz CT molecular complexity index is 364. The van der Waals surface area contributed by atoms with Gasteiger partial charge in [0.15, 0.2) is 0 Å². The Kier molecular flexibility index (Phi) is 2.59. The molecule has 0 saturated carbocycles. The molecule has 1 fully saturated rings. The maximum atomic E-state index is 11.6. The van der Waals surface area contributed by atoms with Crippen molar-refractivity contribution in [2.75, 3.05) is 11.4 Å². The minimum atomic E-state index is 0.209. The van der Waals surface area contributed by atoms with Crippen LogP contribution in [0.15, 0.2) is 24.3 Å². The average Bonchev–Trinajstić information content (AvgIpc) is 2.46. The lowest BCUT2D eigenvalue weighted by Crippen LogP contribution is -2.25. The molecular formula is C11H12BrNO. The number of hydrogen-bond donors (Lipinski definition) is 0. The summed E-state index contributed by atoms with van der Waals surface area (Å²) in [5.74, 6) is 0.209. The monoisotopic (exact) mass is 253 g/mol. The molecule has 1 aromatic carbocycles. The van der Waals surface area contributed by atoms with Crippen molar-refractivity contribution in [3.63, 3.8) is 0 Å². The van der Waals surface area contributed by atoms with Crippen molar-refractivity contribution in [1.29, 1.82) is 0 Å². The second-order valence-corrected chi connectivity index (χ2v) is 4.89. The third kappa shape index (κ3) is 1.69. The Morgan fingerprint density at radius 1 is 1.43 bits per heavy atom. The summed E-state index contributed by atoms with van der Waals surface area (Å²) in [4.78, 5) is 13.8. The van der Waals surface area contributed by atoms with Crippen LogP contribution in [0.2, 0.25) is 0 Å². The van der Waals surface area contributed by atoms with Gasteiger partial charge in [0, 0.05) is 23.5 Å². The zero-order valence-electron chi connectivity index (χ0n) is 8.03. The molecule has 0 N–H and O–H groups in total. The molecule has 1 amide bonds. The first kappa shape index (κ1) is 9.71. The Balaban J connectivity index is 2.32. The van der Waals surface area contributed by atoms with Crippen molar-refractivity contribution >= 4 is 27.5 Å². The molecule has 1 heterocycles. The van der Waals surface area contributed by atoms with E-state index in [2.05, 4.69) is 15.9 Å². The van der Waals surface area contributed by atoms with Gasteiger partial charge in [-0.05, 0) is 18.6 Å². The molecular weight excluding hydrogens is 242 g/mol. The maximum absolute atomic E-state index is 11.6. The summed E-state index contributed by atoms with van der Waals surface area (Å²) in [6.45, 7) is 2.81. The number of nitrogens with zero attached hydrogens (tertiary/aromatic N) is 1. The molecule has 0 aromatic heterocycles. The zero-order chi connectivity index (χ0) is 10.1. The molecule has 2 rings (SSSR count). The summed E-state index contributed by atoms with van der Waals surface area (Å²) >= 11 is 3.48. The highest BCUT2D eigenvalue weighted by Gasteiger charge is 2.29. The lowest BCUT2D eigenvalue weighted by molar-refractivity contribution is -0.117. The van der Waals surface area contributed by atoms with Crippen LogP contribution in [0.1, 0.15) is 12.0 Å². The Morgan fingerprint density at radius 2 is 2.14 bits per heavy atom. The van der Waals surface area contributed by atoms with Gasteiger partial charge in [-0.2, -0.15) is 0 Å². The first-order valence-corrected chi connectivity index (χ1v) is 5.60. The summed E-state index contributed by atoms with van der Waals surface area (Å²) in [6.07, 6.45) is 0.605. The molecule has 1 aliphatic rings. The predicted octanol–water partition coefficient (Wildman–Crippen LogP) is 2.50. The van der Waals surface area contributed by atoms with E-state index in [0.717, 1.165) is 17.8 Å². The SMILES string of the molecule is Cc1ccccc1N1CC(Br)CC1=O. The van der Waals surface area contributed by atoms with Gasteiger partial charge < -0.3 is 4.90 Å². The third-order valence-corrected chi connectivity index (χ3v) is 3.10. The second-order valence-electron chi connectivity index (χ2n) is 3.59. The van der Waals surface area contributed by atoms with E-state index in [1.807, 2.05) is 36.1 Å². The van der Waals surface area contributed by atoms with Crippen LogP contribution in [0.25, 0.3) is 0 Å². The van der Waals surface area contributed by atoms with Gasteiger partial charge in [-0.1, -0.05) is 34.1 Å². The molecule has 14 heavy (non-hydrogen) atoms. The van der Waals surface area contributed by atoms with Gasteiger partial charge in [0.2, 0.25) is 5.91 Å². The number of halogens is 1. The molecule has 1 atom stereocenters. The fourth-order valence-electron chi connectivity index (χ4n) is 1.76. The summed E-state index contributed by atoms with van der Waals surface area (Å²) < 4.78 is 0. The van der Waals surface area contributed by atoms with Crippen molar-refractivity contribution in [2.45, 2.75) is 18.2 Å². The second kappa shape index (κ2) is 3.73. The van der Waals surface area contributed by atoms with E-state index in [9.17, 15) is 4.79 Å². The molecule has 0 bridgehead atoms. The molecule has 0 aliphatic carbocycles. The van der Waals surface area contributed by atoms with Crippen molar-refractivity contribution in [3.05, 3.63) is 29.8 Å². The molecule has 74 valence electrons. The Labute approximate surface area is 92.0 Å². The summed E-state index contributed by atoms with van der Waals surface area (Å²) in [5.41, 5.74) is 2.20. The quantitative estimate of drug-likeness (QED) is 0.705. The third-order valence-electron chi connectivity index (χ3n) is 2.48. The minimum absolute atomic E-state index is 0.209. The number of aryl methyl sites for hydroxylation is 1. The van der Waals surface area contributed by atoms with Gasteiger partial charge in [0.25, 0.3) is 0 Å². The number of amides is 1. The summed E-state index contributed by atoms with van der Waals surface area (Å²) in [7, 11) is 0. The largest absolute Gasteiger partial charge is 0.311 e. The normalized spacial score (nSPS) is 21.7. The first-order valence-electron chi connectivity index (χ1n) is 4.68. The fourth-order valence-corrected chi connectivity index (χ4v) is 2.33. The predicted molar refractivity (Wildman–Crippen MR) is 60.9 cm³/mol. The van der Waals surface area contributed by atoms with E-state index in [4.69, 9.17) is 0 Å². The molecule has 1 saturated heterocycles. The molecule has 0 radical (unpaired) electrons. The Morgan fingerprint density at radius 3 is 2.71 bits per heavy atom. The molecule has 1 aliphatic heterocycles.